The standard InChI is InChI=1S/C13H14Cl2N2/c1-9(4-6-14)17-12-5-7-16-13-8-10(15)2-3-11(12)13/h2-3,5,7-9H,4,6H2,1H3,(H,16,17). The quantitative estimate of drug-likeness (QED) is 0.836. The molecular formula is C13H14Cl2N2. The number of pyridine rings is 1. The lowest BCUT2D eigenvalue weighted by Crippen LogP contribution is -2.15. The van der Waals surface area contributed by atoms with Gasteiger partial charge in [0.25, 0.3) is 0 Å². The number of aromatic nitrogens is 1. The molecule has 1 aromatic carbocycles. The van der Waals surface area contributed by atoms with Gasteiger partial charge in [-0.05, 0) is 37.6 Å². The van der Waals surface area contributed by atoms with Crippen LogP contribution >= 0.6 is 23.2 Å². The third kappa shape index (κ3) is 3.02. The lowest BCUT2D eigenvalue weighted by atomic mass is 10.1. The smallest absolute Gasteiger partial charge is 0.0737 e. The number of benzene rings is 1. The minimum Gasteiger partial charge on any atom is -0.382 e. The van der Waals surface area contributed by atoms with Crippen LogP contribution in [0.2, 0.25) is 5.02 Å². The Labute approximate surface area is 111 Å². The predicted molar refractivity (Wildman–Crippen MR) is 75.2 cm³/mol. The normalized spacial score (nSPS) is 12.6. The van der Waals surface area contributed by atoms with E-state index in [4.69, 9.17) is 23.2 Å². The Hall–Kier alpha value is -0.990. The maximum atomic E-state index is 5.95. The summed E-state index contributed by atoms with van der Waals surface area (Å²) in [5, 5.41) is 5.22. The van der Waals surface area contributed by atoms with Gasteiger partial charge in [0.1, 0.15) is 0 Å². The third-order valence-electron chi connectivity index (χ3n) is 2.65. The Morgan fingerprint density at radius 2 is 2.18 bits per heavy atom. The number of alkyl halides is 1. The van der Waals surface area contributed by atoms with E-state index >= 15 is 0 Å². The van der Waals surface area contributed by atoms with Crippen LogP contribution in [-0.2, 0) is 0 Å². The number of rotatable bonds is 4. The molecule has 1 aromatic heterocycles. The fourth-order valence-electron chi connectivity index (χ4n) is 1.75. The zero-order valence-electron chi connectivity index (χ0n) is 9.58. The van der Waals surface area contributed by atoms with Gasteiger partial charge < -0.3 is 5.32 Å². The second-order valence-corrected chi connectivity index (χ2v) is 4.86. The molecule has 0 saturated heterocycles. The van der Waals surface area contributed by atoms with Crippen molar-refractivity contribution in [3.63, 3.8) is 0 Å². The summed E-state index contributed by atoms with van der Waals surface area (Å²) < 4.78 is 0. The van der Waals surface area contributed by atoms with Gasteiger partial charge in [0.05, 0.1) is 5.52 Å². The van der Waals surface area contributed by atoms with E-state index in [2.05, 4.69) is 17.2 Å². The molecule has 0 aliphatic heterocycles. The number of anilines is 1. The Morgan fingerprint density at radius 3 is 2.94 bits per heavy atom. The lowest BCUT2D eigenvalue weighted by Gasteiger charge is -2.15. The Morgan fingerprint density at radius 1 is 1.35 bits per heavy atom. The van der Waals surface area contributed by atoms with Crippen LogP contribution in [0, 0.1) is 0 Å². The van der Waals surface area contributed by atoms with Crippen LogP contribution in [-0.4, -0.2) is 16.9 Å². The highest BCUT2D eigenvalue weighted by Crippen LogP contribution is 2.25. The molecule has 1 heterocycles. The zero-order chi connectivity index (χ0) is 12.3. The molecule has 1 unspecified atom stereocenters. The summed E-state index contributed by atoms with van der Waals surface area (Å²) in [6.45, 7) is 2.12. The van der Waals surface area contributed by atoms with Crippen molar-refractivity contribution in [2.45, 2.75) is 19.4 Å². The zero-order valence-corrected chi connectivity index (χ0v) is 11.1. The van der Waals surface area contributed by atoms with Gasteiger partial charge in [-0.1, -0.05) is 11.6 Å². The first kappa shape index (κ1) is 12.5. The van der Waals surface area contributed by atoms with E-state index in [-0.39, 0.29) is 0 Å². The van der Waals surface area contributed by atoms with Crippen molar-refractivity contribution in [1.82, 2.24) is 4.98 Å². The molecule has 2 rings (SSSR count). The second kappa shape index (κ2) is 5.56. The molecule has 17 heavy (non-hydrogen) atoms. The number of halogens is 2. The second-order valence-electron chi connectivity index (χ2n) is 4.04. The van der Waals surface area contributed by atoms with E-state index in [0.29, 0.717) is 16.9 Å². The first-order valence-corrected chi connectivity index (χ1v) is 6.48. The van der Waals surface area contributed by atoms with Crippen LogP contribution < -0.4 is 5.32 Å². The number of fused-ring (bicyclic) bond motifs is 1. The van der Waals surface area contributed by atoms with E-state index in [9.17, 15) is 0 Å². The van der Waals surface area contributed by atoms with Gasteiger partial charge in [0.2, 0.25) is 0 Å². The number of hydrogen-bond acceptors (Lipinski definition) is 2. The summed E-state index contributed by atoms with van der Waals surface area (Å²) in [7, 11) is 0. The summed E-state index contributed by atoms with van der Waals surface area (Å²) in [4.78, 5) is 4.31. The molecular weight excluding hydrogens is 255 g/mol. The summed E-state index contributed by atoms with van der Waals surface area (Å²) in [5.74, 6) is 0.656. The molecule has 2 aromatic rings. The Bertz CT molecular complexity index is 514. The van der Waals surface area contributed by atoms with Gasteiger partial charge in [-0.2, -0.15) is 0 Å². The monoisotopic (exact) mass is 268 g/mol. The lowest BCUT2D eigenvalue weighted by molar-refractivity contribution is 0.770. The molecule has 0 aliphatic carbocycles. The molecule has 0 radical (unpaired) electrons. The SMILES string of the molecule is CC(CCCl)Nc1ccnc2cc(Cl)ccc12. The molecule has 0 fully saturated rings. The summed E-state index contributed by atoms with van der Waals surface area (Å²) >= 11 is 11.7. The van der Waals surface area contributed by atoms with Crippen LogP contribution in [0.15, 0.2) is 30.5 Å². The van der Waals surface area contributed by atoms with Crippen LogP contribution in [0.1, 0.15) is 13.3 Å². The predicted octanol–water partition coefficient (Wildman–Crippen LogP) is 4.32. The van der Waals surface area contributed by atoms with Gasteiger partial charge in [0, 0.05) is 34.2 Å². The van der Waals surface area contributed by atoms with Gasteiger partial charge in [-0.3, -0.25) is 4.98 Å². The van der Waals surface area contributed by atoms with Crippen molar-refractivity contribution in [2.75, 3.05) is 11.2 Å². The Kier molecular flexibility index (Phi) is 4.08. The summed E-state index contributed by atoms with van der Waals surface area (Å²) in [6, 6.07) is 8.05. The highest BCUT2D eigenvalue weighted by atomic mass is 35.5. The molecule has 0 saturated carbocycles. The first-order valence-electron chi connectivity index (χ1n) is 5.57. The van der Waals surface area contributed by atoms with Gasteiger partial charge >= 0.3 is 0 Å². The van der Waals surface area contributed by atoms with Gasteiger partial charge in [0.15, 0.2) is 0 Å². The topological polar surface area (TPSA) is 24.9 Å². The Balaban J connectivity index is 2.34. The highest BCUT2D eigenvalue weighted by molar-refractivity contribution is 6.31. The molecule has 2 nitrogen and oxygen atoms in total. The van der Waals surface area contributed by atoms with E-state index in [1.54, 1.807) is 6.20 Å². The third-order valence-corrected chi connectivity index (χ3v) is 3.10. The van der Waals surface area contributed by atoms with Crippen molar-refractivity contribution in [1.29, 1.82) is 0 Å². The fourth-order valence-corrected chi connectivity index (χ4v) is 2.24. The largest absolute Gasteiger partial charge is 0.382 e. The molecule has 0 amide bonds. The molecule has 1 atom stereocenters. The van der Waals surface area contributed by atoms with Crippen LogP contribution in [0.4, 0.5) is 5.69 Å². The summed E-state index contributed by atoms with van der Waals surface area (Å²) in [5.41, 5.74) is 1.98. The van der Waals surface area contributed by atoms with Crippen LogP contribution in [0.25, 0.3) is 10.9 Å². The van der Waals surface area contributed by atoms with Crippen molar-refractivity contribution >= 4 is 39.8 Å². The van der Waals surface area contributed by atoms with Crippen molar-refractivity contribution in [3.05, 3.63) is 35.5 Å². The van der Waals surface area contributed by atoms with Crippen molar-refractivity contribution in [2.24, 2.45) is 0 Å². The molecule has 90 valence electrons. The van der Waals surface area contributed by atoms with E-state index < -0.39 is 0 Å². The van der Waals surface area contributed by atoms with Crippen LogP contribution in [0.3, 0.4) is 0 Å². The minimum atomic E-state index is 0.341. The average molecular weight is 269 g/mol. The fraction of sp³-hybridized carbons (Fsp3) is 0.308. The van der Waals surface area contributed by atoms with Crippen LogP contribution in [0.5, 0.6) is 0 Å². The number of hydrogen-bond donors (Lipinski definition) is 1. The van der Waals surface area contributed by atoms with E-state index in [1.165, 1.54) is 0 Å². The van der Waals surface area contributed by atoms with Crippen molar-refractivity contribution < 1.29 is 0 Å². The maximum absolute atomic E-state index is 5.95. The number of nitrogens with one attached hydrogen (secondary N) is 1. The molecule has 0 bridgehead atoms. The van der Waals surface area contributed by atoms with E-state index in [0.717, 1.165) is 23.0 Å². The molecule has 1 N–H and O–H groups in total. The highest BCUT2D eigenvalue weighted by Gasteiger charge is 2.05. The molecule has 0 aliphatic rings. The van der Waals surface area contributed by atoms with Gasteiger partial charge in [-0.25, -0.2) is 0 Å². The summed E-state index contributed by atoms with van der Waals surface area (Å²) in [6.07, 6.45) is 2.72. The number of nitrogens with zero attached hydrogens (tertiary/aromatic N) is 1. The minimum absolute atomic E-state index is 0.341. The average Bonchev–Trinajstić information content (AvgIpc) is 2.29. The molecule has 0 spiro atoms. The van der Waals surface area contributed by atoms with Crippen molar-refractivity contribution in [3.8, 4) is 0 Å². The first-order chi connectivity index (χ1) is 8.20. The maximum Gasteiger partial charge on any atom is 0.0737 e. The van der Waals surface area contributed by atoms with Gasteiger partial charge in [-0.15, -0.1) is 11.6 Å². The molecule has 4 heteroatoms. The van der Waals surface area contributed by atoms with E-state index in [1.807, 2.05) is 24.3 Å².